The number of benzene rings is 4. The molecule has 0 bridgehead atoms. The van der Waals surface area contributed by atoms with Crippen molar-refractivity contribution < 1.29 is 22.3 Å². The molecule has 4 aromatic rings. The highest BCUT2D eigenvalue weighted by atomic mass is 79.9. The third-order valence-electron chi connectivity index (χ3n) is 8.52. The Hall–Kier alpha value is -3.93. The molecule has 0 radical (unpaired) electrons. The van der Waals surface area contributed by atoms with Crippen molar-refractivity contribution in [3.8, 4) is 11.5 Å². The summed E-state index contributed by atoms with van der Waals surface area (Å²) in [6.07, 6.45) is 6.32. The number of hydrogen-bond donors (Lipinski definition) is 2. The van der Waals surface area contributed by atoms with Gasteiger partial charge in [-0.3, -0.25) is 9.52 Å². The number of amides is 1. The number of rotatable bonds is 9. The van der Waals surface area contributed by atoms with Gasteiger partial charge in [-0.2, -0.15) is 0 Å². The van der Waals surface area contributed by atoms with E-state index in [0.29, 0.717) is 23.0 Å². The van der Waals surface area contributed by atoms with Gasteiger partial charge in [-0.15, -0.1) is 0 Å². The molecule has 0 spiro atoms. The Labute approximate surface area is 277 Å². The minimum Gasteiger partial charge on any atom is -0.455 e. The van der Waals surface area contributed by atoms with Crippen LogP contribution in [-0.2, 0) is 10.0 Å². The van der Waals surface area contributed by atoms with Crippen LogP contribution in [0.3, 0.4) is 0 Å². The average molecular weight is 708 g/mol. The number of nitrogens with zero attached hydrogens (tertiary/aromatic N) is 2. The topological polar surface area (TPSA) is 91.0 Å². The van der Waals surface area contributed by atoms with Crippen LogP contribution >= 0.6 is 15.9 Å². The third kappa shape index (κ3) is 7.89. The fourth-order valence-electron chi connectivity index (χ4n) is 6.02. The van der Waals surface area contributed by atoms with E-state index in [2.05, 4.69) is 35.8 Å². The lowest BCUT2D eigenvalue weighted by Gasteiger charge is -2.41. The number of nitrogens with one attached hydrogen (secondary N) is 2. The standard InChI is InChI=1S/C35H36BrFN4O4S/c36-26-6-13-31(14-7-26)45-34-17-8-27(37)24-33(34)39-46(43,44)32-15-4-25(5-16-32)35(42)38-28-9-11-29(12-10-28)41-22-18-30(19-23-41)40-20-2-1-3-21-40/h4-17,24,30,39H,1-3,18-23H2,(H,38,42). The van der Waals surface area contributed by atoms with Crippen LogP contribution in [0.4, 0.5) is 21.5 Å². The van der Waals surface area contributed by atoms with E-state index in [9.17, 15) is 17.6 Å². The van der Waals surface area contributed by atoms with Gasteiger partial charge < -0.3 is 19.9 Å². The van der Waals surface area contributed by atoms with Crippen LogP contribution in [-0.4, -0.2) is 51.4 Å². The van der Waals surface area contributed by atoms with Gasteiger partial charge in [0.25, 0.3) is 15.9 Å². The van der Waals surface area contributed by atoms with E-state index in [1.807, 2.05) is 24.3 Å². The summed E-state index contributed by atoms with van der Waals surface area (Å²) >= 11 is 3.35. The molecule has 0 unspecified atom stereocenters. The molecule has 2 heterocycles. The number of hydrogen-bond acceptors (Lipinski definition) is 6. The number of halogens is 2. The van der Waals surface area contributed by atoms with E-state index < -0.39 is 15.8 Å². The molecule has 0 atom stereocenters. The molecule has 2 aliphatic heterocycles. The number of anilines is 3. The second kappa shape index (κ2) is 14.2. The maximum atomic E-state index is 14.1. The van der Waals surface area contributed by atoms with Crippen molar-refractivity contribution in [3.63, 3.8) is 0 Å². The molecule has 1 amide bonds. The first kappa shape index (κ1) is 32.0. The van der Waals surface area contributed by atoms with Crippen molar-refractivity contribution in [2.24, 2.45) is 0 Å². The van der Waals surface area contributed by atoms with Crippen LogP contribution in [0, 0.1) is 5.82 Å². The van der Waals surface area contributed by atoms with E-state index in [1.165, 1.54) is 81.6 Å². The van der Waals surface area contributed by atoms with Crippen LogP contribution in [0.2, 0.25) is 0 Å². The summed E-state index contributed by atoms with van der Waals surface area (Å²) in [5.74, 6) is -0.398. The van der Waals surface area contributed by atoms with E-state index in [1.54, 1.807) is 24.3 Å². The maximum Gasteiger partial charge on any atom is 0.262 e. The highest BCUT2D eigenvalue weighted by molar-refractivity contribution is 9.10. The quantitative estimate of drug-likeness (QED) is 0.184. The molecule has 2 saturated heterocycles. The third-order valence-corrected chi connectivity index (χ3v) is 10.4. The molecule has 46 heavy (non-hydrogen) atoms. The Bertz CT molecular complexity index is 1760. The van der Waals surface area contributed by atoms with Gasteiger partial charge in [-0.25, -0.2) is 12.8 Å². The van der Waals surface area contributed by atoms with Crippen molar-refractivity contribution in [1.82, 2.24) is 4.90 Å². The first-order valence-electron chi connectivity index (χ1n) is 15.5. The van der Waals surface area contributed by atoms with Crippen LogP contribution in [0.1, 0.15) is 42.5 Å². The van der Waals surface area contributed by atoms with E-state index in [-0.39, 0.29) is 22.2 Å². The summed E-state index contributed by atoms with van der Waals surface area (Å²) in [7, 11) is -4.12. The molecular formula is C35H36BrFN4O4S. The van der Waals surface area contributed by atoms with Crippen molar-refractivity contribution in [2.45, 2.75) is 43.0 Å². The summed E-state index contributed by atoms with van der Waals surface area (Å²) in [6.45, 7) is 4.51. The van der Waals surface area contributed by atoms with Crippen LogP contribution in [0.25, 0.3) is 0 Å². The lowest BCUT2D eigenvalue weighted by Crippen LogP contribution is -2.46. The first-order chi connectivity index (χ1) is 22.2. The van der Waals surface area contributed by atoms with Gasteiger partial charge in [0.15, 0.2) is 5.75 Å². The minimum atomic E-state index is -4.12. The van der Waals surface area contributed by atoms with Gasteiger partial charge in [0.2, 0.25) is 0 Å². The Morgan fingerprint density at radius 2 is 1.50 bits per heavy atom. The van der Waals surface area contributed by atoms with Gasteiger partial charge in [0.1, 0.15) is 11.6 Å². The molecule has 8 nitrogen and oxygen atoms in total. The van der Waals surface area contributed by atoms with Crippen molar-refractivity contribution in [3.05, 3.63) is 107 Å². The Morgan fingerprint density at radius 3 is 2.17 bits per heavy atom. The Kier molecular flexibility index (Phi) is 9.91. The zero-order valence-electron chi connectivity index (χ0n) is 25.3. The van der Waals surface area contributed by atoms with Crippen molar-refractivity contribution >= 4 is 48.9 Å². The Morgan fingerprint density at radius 1 is 0.826 bits per heavy atom. The predicted molar refractivity (Wildman–Crippen MR) is 183 cm³/mol. The zero-order chi connectivity index (χ0) is 32.1. The molecule has 11 heteroatoms. The van der Waals surface area contributed by atoms with E-state index in [4.69, 9.17) is 4.74 Å². The average Bonchev–Trinajstić information content (AvgIpc) is 3.08. The number of ether oxygens (including phenoxy) is 1. The SMILES string of the molecule is O=C(Nc1ccc(N2CCC(N3CCCCC3)CC2)cc1)c1ccc(S(=O)(=O)Nc2cc(F)ccc2Oc2ccc(Br)cc2)cc1. The molecule has 4 aromatic carbocycles. The molecule has 2 N–H and O–H groups in total. The molecule has 0 aliphatic carbocycles. The second-order valence-electron chi connectivity index (χ2n) is 11.6. The minimum absolute atomic E-state index is 0.0560. The summed E-state index contributed by atoms with van der Waals surface area (Å²) in [4.78, 5) is 17.9. The first-order valence-corrected chi connectivity index (χ1v) is 17.8. The molecule has 6 rings (SSSR count). The van der Waals surface area contributed by atoms with E-state index in [0.717, 1.165) is 29.3 Å². The smallest absolute Gasteiger partial charge is 0.262 e. The van der Waals surface area contributed by atoms with Crippen LogP contribution in [0.5, 0.6) is 11.5 Å². The molecule has 0 saturated carbocycles. The Balaban J connectivity index is 1.05. The van der Waals surface area contributed by atoms with Crippen molar-refractivity contribution in [1.29, 1.82) is 0 Å². The van der Waals surface area contributed by atoms with E-state index >= 15 is 0 Å². The number of carbonyl (C=O) groups excluding carboxylic acids is 1. The van der Waals surface area contributed by atoms with Gasteiger partial charge in [-0.1, -0.05) is 22.4 Å². The monoisotopic (exact) mass is 706 g/mol. The lowest BCUT2D eigenvalue weighted by atomic mass is 9.99. The van der Waals surface area contributed by atoms with Gasteiger partial charge >= 0.3 is 0 Å². The molecule has 2 fully saturated rings. The molecule has 0 aromatic heterocycles. The van der Waals surface area contributed by atoms with Crippen molar-refractivity contribution in [2.75, 3.05) is 41.1 Å². The van der Waals surface area contributed by atoms with Gasteiger partial charge in [0.05, 0.1) is 10.6 Å². The summed E-state index contributed by atoms with van der Waals surface area (Å²) < 4.78 is 49.5. The summed E-state index contributed by atoms with van der Waals surface area (Å²) in [5.41, 5.74) is 2.04. The number of sulfonamides is 1. The maximum absolute atomic E-state index is 14.1. The predicted octanol–water partition coefficient (Wildman–Crippen LogP) is 7.89. The number of carbonyl (C=O) groups is 1. The van der Waals surface area contributed by atoms with Gasteiger partial charge in [0, 0.05) is 46.6 Å². The fourth-order valence-corrected chi connectivity index (χ4v) is 7.35. The largest absolute Gasteiger partial charge is 0.455 e. The number of piperidine rings is 2. The summed E-state index contributed by atoms with van der Waals surface area (Å²) in [5, 5.41) is 2.89. The normalized spacial score (nSPS) is 16.2. The molecular weight excluding hydrogens is 671 g/mol. The van der Waals surface area contributed by atoms with Gasteiger partial charge in [-0.05, 0) is 124 Å². The fraction of sp³-hybridized carbons (Fsp3) is 0.286. The molecule has 240 valence electrons. The number of likely N-dealkylation sites (tertiary alicyclic amines) is 1. The molecule has 2 aliphatic rings. The highest BCUT2D eigenvalue weighted by Crippen LogP contribution is 2.33. The van der Waals surface area contributed by atoms with Crippen LogP contribution < -0.4 is 19.7 Å². The summed E-state index contributed by atoms with van der Waals surface area (Å²) in [6, 6.07) is 24.6. The lowest BCUT2D eigenvalue weighted by molar-refractivity contribution is 0.102. The zero-order valence-corrected chi connectivity index (χ0v) is 27.7. The highest BCUT2D eigenvalue weighted by Gasteiger charge is 2.26. The van der Waals surface area contributed by atoms with Crippen LogP contribution in [0.15, 0.2) is 100 Å². The second-order valence-corrected chi connectivity index (χ2v) is 14.2.